The van der Waals surface area contributed by atoms with Gasteiger partial charge in [0.25, 0.3) is 0 Å². The highest BCUT2D eigenvalue weighted by Gasteiger charge is 2.20. The lowest BCUT2D eigenvalue weighted by Gasteiger charge is -2.25. The van der Waals surface area contributed by atoms with E-state index in [1.54, 1.807) is 12.1 Å². The van der Waals surface area contributed by atoms with Crippen LogP contribution in [0.5, 0.6) is 0 Å². The molecule has 2 N–H and O–H groups in total. The zero-order chi connectivity index (χ0) is 13.0. The van der Waals surface area contributed by atoms with Crippen molar-refractivity contribution < 1.29 is 9.18 Å². The second-order valence-corrected chi connectivity index (χ2v) is 4.81. The molecular formula is C14H19FN2O. The molecule has 0 aliphatic carbocycles. The van der Waals surface area contributed by atoms with Crippen LogP contribution in [-0.4, -0.2) is 25.0 Å². The first-order valence-corrected chi connectivity index (χ1v) is 6.43. The van der Waals surface area contributed by atoms with Crippen LogP contribution in [0, 0.1) is 5.82 Å². The highest BCUT2D eigenvalue weighted by molar-refractivity contribution is 5.83. The van der Waals surface area contributed by atoms with Gasteiger partial charge < -0.3 is 10.6 Å². The number of piperidine rings is 1. The summed E-state index contributed by atoms with van der Waals surface area (Å²) in [6.45, 7) is 3.70. The fourth-order valence-corrected chi connectivity index (χ4v) is 2.22. The fourth-order valence-electron chi connectivity index (χ4n) is 2.22. The first-order chi connectivity index (χ1) is 8.66. The van der Waals surface area contributed by atoms with Crippen LogP contribution in [0.4, 0.5) is 4.39 Å². The third-order valence-corrected chi connectivity index (χ3v) is 3.43. The number of carbonyl (C=O) groups excluding carboxylic acids is 1. The van der Waals surface area contributed by atoms with Gasteiger partial charge in [-0.15, -0.1) is 0 Å². The molecule has 0 radical (unpaired) electrons. The molecule has 1 fully saturated rings. The Morgan fingerprint density at radius 3 is 2.83 bits per heavy atom. The Labute approximate surface area is 107 Å². The van der Waals surface area contributed by atoms with E-state index >= 15 is 0 Å². The molecule has 1 aromatic rings. The maximum absolute atomic E-state index is 13.1. The van der Waals surface area contributed by atoms with E-state index in [1.165, 1.54) is 12.1 Å². The number of rotatable bonds is 3. The second-order valence-electron chi connectivity index (χ2n) is 4.81. The van der Waals surface area contributed by atoms with Crippen LogP contribution in [-0.2, 0) is 4.79 Å². The lowest BCUT2D eigenvalue weighted by molar-refractivity contribution is -0.123. The van der Waals surface area contributed by atoms with Gasteiger partial charge in [0.05, 0.1) is 5.92 Å². The number of carbonyl (C=O) groups is 1. The molecule has 1 aliphatic rings. The van der Waals surface area contributed by atoms with Crippen molar-refractivity contribution in [2.24, 2.45) is 0 Å². The van der Waals surface area contributed by atoms with Crippen molar-refractivity contribution in [1.29, 1.82) is 0 Å². The second kappa shape index (κ2) is 5.96. The number of hydrogen-bond donors (Lipinski definition) is 2. The van der Waals surface area contributed by atoms with Crippen molar-refractivity contribution >= 4 is 5.91 Å². The van der Waals surface area contributed by atoms with Crippen LogP contribution in [0.15, 0.2) is 24.3 Å². The predicted octanol–water partition coefficient (Wildman–Crippen LogP) is 1.80. The largest absolute Gasteiger partial charge is 0.353 e. The quantitative estimate of drug-likeness (QED) is 0.859. The highest BCUT2D eigenvalue weighted by atomic mass is 19.1. The molecule has 0 aromatic heterocycles. The van der Waals surface area contributed by atoms with Gasteiger partial charge in [-0.05, 0) is 50.6 Å². The van der Waals surface area contributed by atoms with Crippen molar-refractivity contribution in [3.05, 3.63) is 35.6 Å². The lowest BCUT2D eigenvalue weighted by Crippen LogP contribution is -2.44. The standard InChI is InChI=1S/C14H19FN2O/c1-10(11-3-2-4-12(15)9-11)14(18)17-13-5-7-16-8-6-13/h2-4,9-10,13,16H,5-8H2,1H3,(H,17,18). The summed E-state index contributed by atoms with van der Waals surface area (Å²) in [7, 11) is 0. The van der Waals surface area contributed by atoms with Crippen LogP contribution in [0.2, 0.25) is 0 Å². The third-order valence-electron chi connectivity index (χ3n) is 3.43. The van der Waals surface area contributed by atoms with Gasteiger partial charge in [-0.2, -0.15) is 0 Å². The van der Waals surface area contributed by atoms with Gasteiger partial charge >= 0.3 is 0 Å². The maximum Gasteiger partial charge on any atom is 0.227 e. The zero-order valence-corrected chi connectivity index (χ0v) is 10.6. The molecule has 1 saturated heterocycles. The minimum atomic E-state index is -0.310. The average molecular weight is 250 g/mol. The van der Waals surface area contributed by atoms with E-state index in [2.05, 4.69) is 10.6 Å². The molecule has 1 aliphatic heterocycles. The van der Waals surface area contributed by atoms with Crippen molar-refractivity contribution in [2.75, 3.05) is 13.1 Å². The Hall–Kier alpha value is -1.42. The topological polar surface area (TPSA) is 41.1 Å². The first kappa shape index (κ1) is 13.0. The molecule has 4 heteroatoms. The molecule has 18 heavy (non-hydrogen) atoms. The molecule has 0 saturated carbocycles. The fraction of sp³-hybridized carbons (Fsp3) is 0.500. The van der Waals surface area contributed by atoms with Crippen molar-refractivity contribution in [3.8, 4) is 0 Å². The molecule has 1 aromatic carbocycles. The van der Waals surface area contributed by atoms with Crippen LogP contribution >= 0.6 is 0 Å². The molecule has 1 amide bonds. The zero-order valence-electron chi connectivity index (χ0n) is 10.6. The molecule has 1 atom stereocenters. The minimum Gasteiger partial charge on any atom is -0.353 e. The Bertz CT molecular complexity index is 416. The van der Waals surface area contributed by atoms with Gasteiger partial charge in [0.1, 0.15) is 5.82 Å². The van der Waals surface area contributed by atoms with E-state index in [0.29, 0.717) is 0 Å². The van der Waals surface area contributed by atoms with Gasteiger partial charge in [-0.25, -0.2) is 4.39 Å². The first-order valence-electron chi connectivity index (χ1n) is 6.43. The molecular weight excluding hydrogens is 231 g/mol. The Balaban J connectivity index is 1.95. The lowest BCUT2D eigenvalue weighted by atomic mass is 9.98. The summed E-state index contributed by atoms with van der Waals surface area (Å²) in [5.41, 5.74) is 0.724. The summed E-state index contributed by atoms with van der Waals surface area (Å²) in [5, 5.41) is 6.29. The van der Waals surface area contributed by atoms with Crippen molar-refractivity contribution in [3.63, 3.8) is 0 Å². The van der Waals surface area contributed by atoms with Crippen molar-refractivity contribution in [2.45, 2.75) is 31.7 Å². The minimum absolute atomic E-state index is 0.0208. The number of amides is 1. The smallest absolute Gasteiger partial charge is 0.227 e. The number of nitrogens with one attached hydrogen (secondary N) is 2. The molecule has 1 heterocycles. The van der Waals surface area contributed by atoms with Crippen molar-refractivity contribution in [1.82, 2.24) is 10.6 Å². The average Bonchev–Trinajstić information content (AvgIpc) is 2.39. The van der Waals surface area contributed by atoms with Crippen LogP contribution in [0.1, 0.15) is 31.2 Å². The summed E-state index contributed by atoms with van der Waals surface area (Å²) < 4.78 is 13.1. The Morgan fingerprint density at radius 1 is 1.44 bits per heavy atom. The Kier molecular flexibility index (Phi) is 4.31. The van der Waals surface area contributed by atoms with Gasteiger partial charge in [0.15, 0.2) is 0 Å². The van der Waals surface area contributed by atoms with E-state index in [4.69, 9.17) is 0 Å². The number of benzene rings is 1. The predicted molar refractivity (Wildman–Crippen MR) is 68.8 cm³/mol. The molecule has 2 rings (SSSR count). The normalized spacial score (nSPS) is 18.3. The van der Waals surface area contributed by atoms with E-state index in [0.717, 1.165) is 31.5 Å². The van der Waals surface area contributed by atoms with Gasteiger partial charge in [-0.1, -0.05) is 12.1 Å². The summed E-state index contributed by atoms with van der Waals surface area (Å²) in [4.78, 5) is 12.1. The summed E-state index contributed by atoms with van der Waals surface area (Å²) in [6.07, 6.45) is 1.92. The van der Waals surface area contributed by atoms with E-state index in [9.17, 15) is 9.18 Å². The van der Waals surface area contributed by atoms with E-state index in [1.807, 2.05) is 6.92 Å². The number of halogens is 1. The van der Waals surface area contributed by atoms with Crippen LogP contribution < -0.4 is 10.6 Å². The van der Waals surface area contributed by atoms with Crippen LogP contribution in [0.3, 0.4) is 0 Å². The maximum atomic E-state index is 13.1. The highest BCUT2D eigenvalue weighted by Crippen LogP contribution is 2.17. The van der Waals surface area contributed by atoms with Gasteiger partial charge in [0, 0.05) is 6.04 Å². The third kappa shape index (κ3) is 3.29. The summed E-state index contributed by atoms with van der Waals surface area (Å²) in [6, 6.07) is 6.48. The Morgan fingerprint density at radius 2 is 2.17 bits per heavy atom. The van der Waals surface area contributed by atoms with E-state index < -0.39 is 0 Å². The molecule has 98 valence electrons. The summed E-state index contributed by atoms with van der Waals surface area (Å²) >= 11 is 0. The molecule has 3 nitrogen and oxygen atoms in total. The SMILES string of the molecule is CC(C(=O)NC1CCNCC1)c1cccc(F)c1. The monoisotopic (exact) mass is 250 g/mol. The molecule has 0 bridgehead atoms. The number of hydrogen-bond acceptors (Lipinski definition) is 2. The van der Waals surface area contributed by atoms with Crippen LogP contribution in [0.25, 0.3) is 0 Å². The van der Waals surface area contributed by atoms with Gasteiger partial charge in [-0.3, -0.25) is 4.79 Å². The molecule has 1 unspecified atom stereocenters. The van der Waals surface area contributed by atoms with Gasteiger partial charge in [0.2, 0.25) is 5.91 Å². The molecule has 0 spiro atoms. The van der Waals surface area contributed by atoms with E-state index in [-0.39, 0.29) is 23.7 Å². The summed E-state index contributed by atoms with van der Waals surface area (Å²) in [5.74, 6) is -0.628.